The van der Waals surface area contributed by atoms with Crippen LogP contribution in [-0.4, -0.2) is 23.4 Å². The summed E-state index contributed by atoms with van der Waals surface area (Å²) >= 11 is 9.46. The fourth-order valence-electron chi connectivity index (χ4n) is 0.170. The molecular formula is CH4Cl2O6P2. The van der Waals surface area contributed by atoms with Gasteiger partial charge in [-0.3, -0.25) is 9.13 Å². The molecule has 6 nitrogen and oxygen atoms in total. The monoisotopic (exact) mass is 245 g/mol. The molecule has 0 aliphatic carbocycles. The first kappa shape index (κ1) is 11.9. The van der Waals surface area contributed by atoms with E-state index in [4.69, 9.17) is 42.8 Å². The molecule has 0 aliphatic heterocycles. The van der Waals surface area contributed by atoms with E-state index in [-0.39, 0.29) is 0 Å². The Bertz CT molecular complexity index is 211. The molecule has 4 N–H and O–H groups in total. The SMILES string of the molecule is O=P(O)(O)[13C](Cl)(Cl)P(=O)(O)O. The Balaban J connectivity index is 5.08. The lowest BCUT2D eigenvalue weighted by atomic mass is 12.8. The van der Waals surface area contributed by atoms with Gasteiger partial charge in [0.2, 0.25) is 0 Å². The van der Waals surface area contributed by atoms with Gasteiger partial charge in [-0.05, 0) is 0 Å². The second-order valence-electron chi connectivity index (χ2n) is 1.60. The fourth-order valence-corrected chi connectivity index (χ4v) is 1.53. The molecule has 11 heavy (non-hydrogen) atoms. The van der Waals surface area contributed by atoms with Crippen molar-refractivity contribution in [3.63, 3.8) is 0 Å². The summed E-state index contributed by atoms with van der Waals surface area (Å²) in [4.78, 5) is 32.9. The number of hydrogen-bond donors (Lipinski definition) is 4. The molecule has 0 fully saturated rings. The minimum atomic E-state index is -5.22. The van der Waals surface area contributed by atoms with E-state index >= 15 is 0 Å². The predicted molar refractivity (Wildman–Crippen MR) is 38.5 cm³/mol. The van der Waals surface area contributed by atoms with E-state index in [0.29, 0.717) is 0 Å². The maximum atomic E-state index is 10.2. The van der Waals surface area contributed by atoms with Crippen molar-refractivity contribution >= 4 is 38.4 Å². The Morgan fingerprint density at radius 1 is 0.909 bits per heavy atom. The molecule has 0 radical (unpaired) electrons. The quantitative estimate of drug-likeness (QED) is 0.319. The van der Waals surface area contributed by atoms with Crippen molar-refractivity contribution in [1.29, 1.82) is 0 Å². The minimum absolute atomic E-state index is 3.35. The zero-order chi connectivity index (χ0) is 9.50. The van der Waals surface area contributed by atoms with Crippen LogP contribution in [0.15, 0.2) is 0 Å². The molecule has 0 amide bonds. The molecule has 0 aromatic heterocycles. The van der Waals surface area contributed by atoms with Crippen LogP contribution in [0.5, 0.6) is 0 Å². The maximum Gasteiger partial charge on any atom is 0.373 e. The third-order valence-corrected chi connectivity index (χ3v) is 6.31. The van der Waals surface area contributed by atoms with Gasteiger partial charge < -0.3 is 19.6 Å². The van der Waals surface area contributed by atoms with E-state index in [1.807, 2.05) is 0 Å². The number of rotatable bonds is 2. The molecule has 0 spiro atoms. The summed E-state index contributed by atoms with van der Waals surface area (Å²) in [5.74, 6) is 0. The van der Waals surface area contributed by atoms with Crippen LogP contribution in [0, 0.1) is 0 Å². The van der Waals surface area contributed by atoms with Gasteiger partial charge in [0.05, 0.1) is 0 Å². The first-order valence-corrected chi connectivity index (χ1v) is 5.97. The highest BCUT2D eigenvalue weighted by Crippen LogP contribution is 2.73. The van der Waals surface area contributed by atoms with Gasteiger partial charge in [0.1, 0.15) is 0 Å². The lowest BCUT2D eigenvalue weighted by Gasteiger charge is -2.20. The van der Waals surface area contributed by atoms with E-state index in [1.54, 1.807) is 0 Å². The molecular weight excluding hydrogens is 242 g/mol. The molecule has 0 heterocycles. The van der Waals surface area contributed by atoms with Crippen molar-refractivity contribution in [2.75, 3.05) is 0 Å². The molecule has 0 saturated heterocycles. The number of hydrogen-bond acceptors (Lipinski definition) is 2. The molecule has 0 bridgehead atoms. The Kier molecular flexibility index (Phi) is 3.22. The van der Waals surface area contributed by atoms with Crippen molar-refractivity contribution in [1.82, 2.24) is 0 Å². The van der Waals surface area contributed by atoms with E-state index in [0.717, 1.165) is 0 Å². The summed E-state index contributed by atoms with van der Waals surface area (Å²) in [5, 5.41) is 0. The minimum Gasteiger partial charge on any atom is -0.322 e. The van der Waals surface area contributed by atoms with E-state index in [2.05, 4.69) is 0 Å². The van der Waals surface area contributed by atoms with Crippen LogP contribution in [0.3, 0.4) is 0 Å². The van der Waals surface area contributed by atoms with Crippen LogP contribution in [0.1, 0.15) is 0 Å². The summed E-state index contributed by atoms with van der Waals surface area (Å²) < 4.78 is 17.1. The summed E-state index contributed by atoms with van der Waals surface area (Å²) in [7, 11) is -10.4. The third kappa shape index (κ3) is 2.41. The third-order valence-electron chi connectivity index (χ3n) is 0.701. The van der Waals surface area contributed by atoms with Crippen molar-refractivity contribution < 1.29 is 28.7 Å². The highest BCUT2D eigenvalue weighted by atomic mass is 35.5. The van der Waals surface area contributed by atoms with Crippen LogP contribution >= 0.6 is 38.4 Å². The van der Waals surface area contributed by atoms with Gasteiger partial charge in [0.15, 0.2) is 0 Å². The standard InChI is InChI=1S/CH4Cl2O6P2/c2-1(3,10(4,5)6)11(7,8)9/h(H2,4,5,6)(H2,7,8,9)/i1+1. The molecule has 0 saturated carbocycles. The Morgan fingerprint density at radius 3 is 1.09 bits per heavy atom. The van der Waals surface area contributed by atoms with E-state index in [1.165, 1.54) is 0 Å². The molecule has 10 heteroatoms. The van der Waals surface area contributed by atoms with Gasteiger partial charge in [-0.2, -0.15) is 0 Å². The van der Waals surface area contributed by atoms with Crippen molar-refractivity contribution in [2.24, 2.45) is 0 Å². The van der Waals surface area contributed by atoms with Gasteiger partial charge >= 0.3 is 19.0 Å². The van der Waals surface area contributed by atoms with Gasteiger partial charge in [-0.15, -0.1) is 0 Å². The average molecular weight is 246 g/mol. The first-order chi connectivity index (χ1) is 4.50. The van der Waals surface area contributed by atoms with Crippen molar-refractivity contribution in [3.8, 4) is 0 Å². The molecule has 0 unspecified atom stereocenters. The van der Waals surface area contributed by atoms with Crippen LogP contribution < -0.4 is 0 Å². The van der Waals surface area contributed by atoms with Crippen LogP contribution in [0.2, 0.25) is 0 Å². The summed E-state index contributed by atoms with van der Waals surface area (Å²) in [6.07, 6.45) is 0. The number of halogens is 2. The molecule has 0 atom stereocenters. The Labute approximate surface area is 71.4 Å². The smallest absolute Gasteiger partial charge is 0.322 e. The summed E-state index contributed by atoms with van der Waals surface area (Å²) in [5.41, 5.74) is 0. The van der Waals surface area contributed by atoms with Crippen molar-refractivity contribution in [3.05, 3.63) is 0 Å². The van der Waals surface area contributed by atoms with Gasteiger partial charge in [0.25, 0.3) is 0 Å². The van der Waals surface area contributed by atoms with Crippen LogP contribution in [0.4, 0.5) is 0 Å². The highest BCUT2D eigenvalue weighted by molar-refractivity contribution is 7.78. The fraction of sp³-hybridized carbons (Fsp3) is 1.00. The molecule has 0 aromatic rings. The summed E-state index contributed by atoms with van der Waals surface area (Å²) in [6.45, 7) is 0. The largest absolute Gasteiger partial charge is 0.373 e. The van der Waals surface area contributed by atoms with Crippen LogP contribution in [-0.2, 0) is 9.13 Å². The second kappa shape index (κ2) is 2.98. The average Bonchev–Trinajstić information content (AvgIpc) is 1.58. The van der Waals surface area contributed by atoms with Gasteiger partial charge in [0, 0.05) is 0 Å². The topological polar surface area (TPSA) is 115 Å². The van der Waals surface area contributed by atoms with E-state index < -0.39 is 19.0 Å². The lowest BCUT2D eigenvalue weighted by Crippen LogP contribution is -2.13. The molecule has 0 aliphatic rings. The second-order valence-corrected chi connectivity index (χ2v) is 7.85. The highest BCUT2D eigenvalue weighted by Gasteiger charge is 2.58. The lowest BCUT2D eigenvalue weighted by molar-refractivity contribution is 0.345. The zero-order valence-corrected chi connectivity index (χ0v) is 8.06. The van der Waals surface area contributed by atoms with Crippen LogP contribution in [0.25, 0.3) is 0 Å². The number of alkyl halides is 2. The predicted octanol–water partition coefficient (Wildman–Crippen LogP) is 0.431. The van der Waals surface area contributed by atoms with Gasteiger partial charge in [-0.1, -0.05) is 23.2 Å². The Morgan fingerprint density at radius 2 is 1.09 bits per heavy atom. The molecule has 0 aromatic carbocycles. The van der Waals surface area contributed by atoms with Gasteiger partial charge in [-0.25, -0.2) is 0 Å². The summed E-state index contributed by atoms with van der Waals surface area (Å²) in [6, 6.07) is 0. The van der Waals surface area contributed by atoms with E-state index in [9.17, 15) is 9.13 Å². The van der Waals surface area contributed by atoms with Crippen molar-refractivity contribution in [2.45, 2.75) is 3.82 Å². The zero-order valence-electron chi connectivity index (χ0n) is 4.76. The maximum absolute atomic E-state index is 10.2. The molecule has 0 rings (SSSR count). The normalized spacial score (nSPS) is 15.1. The first-order valence-electron chi connectivity index (χ1n) is 1.99. The Hall–Kier alpha value is 0.880. The molecule has 68 valence electrons.